The second kappa shape index (κ2) is 4.66. The van der Waals surface area contributed by atoms with Crippen molar-refractivity contribution in [1.82, 2.24) is 5.32 Å². The third kappa shape index (κ3) is 2.28. The van der Waals surface area contributed by atoms with E-state index in [2.05, 4.69) is 26.1 Å². The molecule has 2 aliphatic rings. The maximum absolute atomic E-state index is 9.70. The van der Waals surface area contributed by atoms with Crippen LogP contribution in [0, 0.1) is 17.3 Å². The maximum atomic E-state index is 9.70. The molecule has 2 nitrogen and oxygen atoms in total. The molecule has 0 aromatic rings. The number of rotatable bonds is 3. The van der Waals surface area contributed by atoms with Gasteiger partial charge >= 0.3 is 0 Å². The number of hydrogen-bond acceptors (Lipinski definition) is 2. The molecule has 4 unspecified atom stereocenters. The number of hydrogen-bond donors (Lipinski definition) is 2. The van der Waals surface area contributed by atoms with Gasteiger partial charge in [-0.15, -0.1) is 0 Å². The van der Waals surface area contributed by atoms with Crippen LogP contribution in [0.15, 0.2) is 0 Å². The monoisotopic (exact) mass is 225 g/mol. The van der Waals surface area contributed by atoms with Gasteiger partial charge in [-0.05, 0) is 31.2 Å². The third-order valence-electron chi connectivity index (χ3n) is 5.13. The average molecular weight is 225 g/mol. The highest BCUT2D eigenvalue weighted by atomic mass is 16.3. The van der Waals surface area contributed by atoms with Crippen molar-refractivity contribution in [1.29, 1.82) is 0 Å². The first-order valence-corrected chi connectivity index (χ1v) is 6.93. The molecule has 0 amide bonds. The van der Waals surface area contributed by atoms with Crippen LogP contribution in [-0.4, -0.2) is 23.8 Å². The fourth-order valence-electron chi connectivity index (χ4n) is 3.24. The summed E-state index contributed by atoms with van der Waals surface area (Å²) in [6.45, 7) is 7.89. The summed E-state index contributed by atoms with van der Waals surface area (Å²) < 4.78 is 0. The van der Waals surface area contributed by atoms with Gasteiger partial charge in [0.1, 0.15) is 0 Å². The standard InChI is InChI=1S/C14H27NO/c1-10-6-4-5-7-11(10)9-15-12-8-13(16)14(12,2)3/h10-13,15-16H,4-9H2,1-3H3. The average Bonchev–Trinajstić information content (AvgIpc) is 2.26. The Morgan fingerprint density at radius 1 is 1.25 bits per heavy atom. The zero-order chi connectivity index (χ0) is 11.8. The van der Waals surface area contributed by atoms with Crippen LogP contribution < -0.4 is 5.32 Å². The van der Waals surface area contributed by atoms with Gasteiger partial charge < -0.3 is 10.4 Å². The normalized spacial score (nSPS) is 42.8. The highest BCUT2D eigenvalue weighted by Crippen LogP contribution is 2.40. The van der Waals surface area contributed by atoms with Gasteiger partial charge in [0.25, 0.3) is 0 Å². The van der Waals surface area contributed by atoms with Crippen molar-refractivity contribution in [2.45, 2.75) is 65.0 Å². The molecule has 94 valence electrons. The smallest absolute Gasteiger partial charge is 0.0621 e. The van der Waals surface area contributed by atoms with E-state index >= 15 is 0 Å². The number of aliphatic hydroxyl groups is 1. The van der Waals surface area contributed by atoms with Crippen molar-refractivity contribution in [3.05, 3.63) is 0 Å². The quantitative estimate of drug-likeness (QED) is 0.773. The molecule has 2 saturated carbocycles. The van der Waals surface area contributed by atoms with E-state index in [9.17, 15) is 5.11 Å². The van der Waals surface area contributed by atoms with Gasteiger partial charge in [0.2, 0.25) is 0 Å². The van der Waals surface area contributed by atoms with E-state index in [0.717, 1.165) is 24.8 Å². The van der Waals surface area contributed by atoms with E-state index in [1.807, 2.05) is 0 Å². The summed E-state index contributed by atoms with van der Waals surface area (Å²) >= 11 is 0. The van der Waals surface area contributed by atoms with Crippen molar-refractivity contribution in [3.8, 4) is 0 Å². The van der Waals surface area contributed by atoms with Crippen molar-refractivity contribution in [2.75, 3.05) is 6.54 Å². The SMILES string of the molecule is CC1CCCCC1CNC1CC(O)C1(C)C. The molecular formula is C14H27NO. The molecule has 2 fully saturated rings. The lowest BCUT2D eigenvalue weighted by Crippen LogP contribution is -2.60. The Balaban J connectivity index is 1.75. The van der Waals surface area contributed by atoms with E-state index in [4.69, 9.17) is 0 Å². The summed E-state index contributed by atoms with van der Waals surface area (Å²) in [5.74, 6) is 1.75. The Morgan fingerprint density at radius 3 is 2.50 bits per heavy atom. The summed E-state index contributed by atoms with van der Waals surface area (Å²) in [5.41, 5.74) is 0.0813. The minimum atomic E-state index is -0.103. The highest BCUT2D eigenvalue weighted by Gasteiger charge is 2.47. The minimum Gasteiger partial charge on any atom is -0.392 e. The van der Waals surface area contributed by atoms with Gasteiger partial charge in [-0.3, -0.25) is 0 Å². The minimum absolute atomic E-state index is 0.0813. The molecule has 2 N–H and O–H groups in total. The van der Waals surface area contributed by atoms with Crippen LogP contribution in [0.4, 0.5) is 0 Å². The van der Waals surface area contributed by atoms with E-state index < -0.39 is 0 Å². The molecule has 0 spiro atoms. The van der Waals surface area contributed by atoms with Gasteiger partial charge in [-0.25, -0.2) is 0 Å². The van der Waals surface area contributed by atoms with Crippen LogP contribution >= 0.6 is 0 Å². The van der Waals surface area contributed by atoms with Crippen LogP contribution in [0.2, 0.25) is 0 Å². The summed E-state index contributed by atoms with van der Waals surface area (Å²) in [5, 5.41) is 13.4. The fourth-order valence-corrected chi connectivity index (χ4v) is 3.24. The Bertz CT molecular complexity index is 235. The van der Waals surface area contributed by atoms with Crippen LogP contribution in [0.3, 0.4) is 0 Å². The highest BCUT2D eigenvalue weighted by molar-refractivity contribution is 5.01. The van der Waals surface area contributed by atoms with Gasteiger partial charge in [0.05, 0.1) is 6.10 Å². The Kier molecular flexibility index (Phi) is 3.60. The van der Waals surface area contributed by atoms with Gasteiger partial charge in [-0.2, -0.15) is 0 Å². The predicted octanol–water partition coefficient (Wildman–Crippen LogP) is 2.56. The molecular weight excluding hydrogens is 198 g/mol. The summed E-state index contributed by atoms with van der Waals surface area (Å²) in [7, 11) is 0. The van der Waals surface area contributed by atoms with Crippen molar-refractivity contribution >= 4 is 0 Å². The molecule has 0 bridgehead atoms. The molecule has 16 heavy (non-hydrogen) atoms. The molecule has 4 atom stereocenters. The maximum Gasteiger partial charge on any atom is 0.0621 e. The molecule has 0 aromatic heterocycles. The first-order chi connectivity index (χ1) is 7.51. The van der Waals surface area contributed by atoms with Crippen LogP contribution in [0.5, 0.6) is 0 Å². The van der Waals surface area contributed by atoms with E-state index in [1.165, 1.54) is 25.7 Å². The third-order valence-corrected chi connectivity index (χ3v) is 5.13. The van der Waals surface area contributed by atoms with Gasteiger partial charge in [0, 0.05) is 11.5 Å². The first kappa shape index (κ1) is 12.4. The lowest BCUT2D eigenvalue weighted by molar-refractivity contribution is -0.0741. The van der Waals surface area contributed by atoms with Crippen molar-refractivity contribution < 1.29 is 5.11 Å². The van der Waals surface area contributed by atoms with Crippen LogP contribution in [-0.2, 0) is 0 Å². The van der Waals surface area contributed by atoms with Crippen LogP contribution in [0.25, 0.3) is 0 Å². The molecule has 0 saturated heterocycles. The predicted molar refractivity (Wildman–Crippen MR) is 67.3 cm³/mol. The largest absolute Gasteiger partial charge is 0.392 e. The van der Waals surface area contributed by atoms with E-state index in [-0.39, 0.29) is 11.5 Å². The van der Waals surface area contributed by atoms with Crippen molar-refractivity contribution in [2.24, 2.45) is 17.3 Å². The molecule has 0 aromatic carbocycles. The summed E-state index contributed by atoms with van der Waals surface area (Å²) in [6.07, 6.45) is 6.47. The van der Waals surface area contributed by atoms with Crippen molar-refractivity contribution in [3.63, 3.8) is 0 Å². The van der Waals surface area contributed by atoms with E-state index in [1.54, 1.807) is 0 Å². The molecule has 0 aliphatic heterocycles. The van der Waals surface area contributed by atoms with Crippen LogP contribution in [0.1, 0.15) is 52.9 Å². The molecule has 0 heterocycles. The fraction of sp³-hybridized carbons (Fsp3) is 1.00. The molecule has 0 radical (unpaired) electrons. The van der Waals surface area contributed by atoms with E-state index in [0.29, 0.717) is 6.04 Å². The zero-order valence-electron chi connectivity index (χ0n) is 11.0. The lowest BCUT2D eigenvalue weighted by atomic mass is 9.64. The first-order valence-electron chi connectivity index (χ1n) is 6.93. The zero-order valence-corrected chi connectivity index (χ0v) is 11.0. The number of nitrogens with one attached hydrogen (secondary N) is 1. The summed E-state index contributed by atoms with van der Waals surface area (Å²) in [6, 6.07) is 0.525. The van der Waals surface area contributed by atoms with Gasteiger partial charge in [0.15, 0.2) is 0 Å². The topological polar surface area (TPSA) is 32.3 Å². The Labute approximate surface area is 99.8 Å². The molecule has 2 heteroatoms. The summed E-state index contributed by atoms with van der Waals surface area (Å²) in [4.78, 5) is 0. The second-order valence-electron chi connectivity index (χ2n) is 6.56. The second-order valence-corrected chi connectivity index (χ2v) is 6.56. The van der Waals surface area contributed by atoms with Gasteiger partial charge in [-0.1, -0.05) is 40.0 Å². The Hall–Kier alpha value is -0.0800. The Morgan fingerprint density at radius 2 is 1.94 bits per heavy atom. The lowest BCUT2D eigenvalue weighted by Gasteiger charge is -2.50. The molecule has 2 rings (SSSR count). The molecule has 2 aliphatic carbocycles. The number of aliphatic hydroxyl groups excluding tert-OH is 1.